The number of rotatable bonds is 2. The van der Waals surface area contributed by atoms with E-state index in [-0.39, 0.29) is 0 Å². The van der Waals surface area contributed by atoms with Crippen LogP contribution in [0.25, 0.3) is 19.2 Å². The van der Waals surface area contributed by atoms with E-state index in [1.165, 1.54) is 28.9 Å². The fourth-order valence-corrected chi connectivity index (χ4v) is 6.06. The summed E-state index contributed by atoms with van der Waals surface area (Å²) < 4.78 is 14.4. The van der Waals surface area contributed by atoms with E-state index >= 15 is 0 Å². The second-order valence-electron chi connectivity index (χ2n) is 5.49. The second kappa shape index (κ2) is 5.00. The number of aryl methyl sites for hydroxylation is 1. The Morgan fingerprint density at radius 2 is 1.67 bits per heavy atom. The highest BCUT2D eigenvalue weighted by molar-refractivity contribution is 7.31. The summed E-state index contributed by atoms with van der Waals surface area (Å²) in [6.45, 7) is 7.91. The van der Waals surface area contributed by atoms with E-state index < -0.39 is 0 Å². The minimum atomic E-state index is 0.603. The van der Waals surface area contributed by atoms with Crippen molar-refractivity contribution >= 4 is 43.4 Å². The molecule has 0 aliphatic carbocycles. The lowest BCUT2D eigenvalue weighted by Crippen LogP contribution is -2.14. The Morgan fingerprint density at radius 1 is 0.952 bits per heavy atom. The zero-order valence-corrected chi connectivity index (χ0v) is 14.6. The topological polar surface area (TPSA) is 18.5 Å². The first kappa shape index (κ1) is 13.6. The van der Waals surface area contributed by atoms with E-state index in [1.807, 2.05) is 22.7 Å². The normalized spacial score (nSPS) is 14.3. The first-order valence-electron chi connectivity index (χ1n) is 7.06. The Balaban J connectivity index is 1.81. The molecule has 1 aliphatic rings. The molecule has 0 amide bonds. The van der Waals surface area contributed by atoms with Crippen molar-refractivity contribution in [1.82, 2.24) is 0 Å². The largest absolute Gasteiger partial charge is 0.485 e. The van der Waals surface area contributed by atoms with Gasteiger partial charge in [0.25, 0.3) is 0 Å². The van der Waals surface area contributed by atoms with Gasteiger partial charge in [-0.3, -0.25) is 0 Å². The predicted molar refractivity (Wildman–Crippen MR) is 92.8 cm³/mol. The van der Waals surface area contributed by atoms with E-state index in [4.69, 9.17) is 9.47 Å². The SMILES string of the molecule is Cc1sc(-c2cc3sc(C(C)C)cc3s2)c2c1OCCO2. The molecule has 4 rings (SSSR count). The summed E-state index contributed by atoms with van der Waals surface area (Å²) in [4.78, 5) is 5.19. The minimum Gasteiger partial charge on any atom is -0.485 e. The maximum Gasteiger partial charge on any atom is 0.181 e. The molecule has 4 heterocycles. The molecule has 3 aromatic heterocycles. The van der Waals surface area contributed by atoms with Crippen molar-refractivity contribution in [1.29, 1.82) is 0 Å². The molecule has 0 aromatic carbocycles. The minimum absolute atomic E-state index is 0.603. The van der Waals surface area contributed by atoms with Gasteiger partial charge < -0.3 is 9.47 Å². The van der Waals surface area contributed by atoms with E-state index in [0.717, 1.165) is 11.5 Å². The Kier molecular flexibility index (Phi) is 3.24. The molecule has 5 heteroatoms. The van der Waals surface area contributed by atoms with Crippen LogP contribution in [-0.4, -0.2) is 13.2 Å². The van der Waals surface area contributed by atoms with Gasteiger partial charge in [-0.25, -0.2) is 0 Å². The third kappa shape index (κ3) is 2.18. The van der Waals surface area contributed by atoms with Gasteiger partial charge in [-0.05, 0) is 25.0 Å². The molecule has 0 spiro atoms. The molecule has 110 valence electrons. The number of thiophene rings is 3. The zero-order chi connectivity index (χ0) is 14.6. The van der Waals surface area contributed by atoms with Crippen LogP contribution in [0, 0.1) is 6.92 Å². The van der Waals surface area contributed by atoms with Crippen LogP contribution in [0.4, 0.5) is 0 Å². The van der Waals surface area contributed by atoms with Crippen molar-refractivity contribution in [3.05, 3.63) is 21.9 Å². The molecule has 0 saturated carbocycles. The lowest BCUT2D eigenvalue weighted by molar-refractivity contribution is 0.173. The molecule has 2 nitrogen and oxygen atoms in total. The molecule has 0 N–H and O–H groups in total. The van der Waals surface area contributed by atoms with Gasteiger partial charge in [-0.15, -0.1) is 34.0 Å². The lowest BCUT2D eigenvalue weighted by Gasteiger charge is -2.16. The van der Waals surface area contributed by atoms with Gasteiger partial charge >= 0.3 is 0 Å². The third-order valence-electron chi connectivity index (χ3n) is 3.58. The van der Waals surface area contributed by atoms with Crippen LogP contribution in [0.1, 0.15) is 29.5 Å². The van der Waals surface area contributed by atoms with E-state index in [0.29, 0.717) is 19.1 Å². The van der Waals surface area contributed by atoms with Crippen LogP contribution < -0.4 is 9.47 Å². The van der Waals surface area contributed by atoms with E-state index in [1.54, 1.807) is 11.3 Å². The molecule has 3 aromatic rings. The fourth-order valence-electron chi connectivity index (χ4n) is 2.51. The summed E-state index contributed by atoms with van der Waals surface area (Å²) in [6, 6.07) is 4.64. The number of hydrogen-bond donors (Lipinski definition) is 0. The van der Waals surface area contributed by atoms with Crippen LogP contribution in [0.2, 0.25) is 0 Å². The van der Waals surface area contributed by atoms with Crippen molar-refractivity contribution in [3.8, 4) is 21.3 Å². The van der Waals surface area contributed by atoms with Gasteiger partial charge in [-0.2, -0.15) is 0 Å². The molecule has 1 aliphatic heterocycles. The van der Waals surface area contributed by atoms with E-state index in [2.05, 4.69) is 32.9 Å². The smallest absolute Gasteiger partial charge is 0.181 e. The van der Waals surface area contributed by atoms with Crippen LogP contribution in [-0.2, 0) is 0 Å². The molecule has 0 atom stereocenters. The summed E-state index contributed by atoms with van der Waals surface area (Å²) in [5.41, 5.74) is 0. The van der Waals surface area contributed by atoms with Crippen molar-refractivity contribution < 1.29 is 9.47 Å². The molecule has 0 saturated heterocycles. The highest BCUT2D eigenvalue weighted by Crippen LogP contribution is 2.52. The van der Waals surface area contributed by atoms with Gasteiger partial charge in [0.05, 0.1) is 9.75 Å². The second-order valence-corrected chi connectivity index (χ2v) is 8.91. The third-order valence-corrected chi connectivity index (χ3v) is 7.42. The van der Waals surface area contributed by atoms with Gasteiger partial charge in [0.15, 0.2) is 11.5 Å². The summed E-state index contributed by atoms with van der Waals surface area (Å²) in [5, 5.41) is 0. The molecule has 0 fully saturated rings. The van der Waals surface area contributed by atoms with Crippen LogP contribution in [0.3, 0.4) is 0 Å². The average molecular weight is 337 g/mol. The van der Waals surface area contributed by atoms with Crippen LogP contribution in [0.5, 0.6) is 11.5 Å². The highest BCUT2D eigenvalue weighted by Gasteiger charge is 2.24. The lowest BCUT2D eigenvalue weighted by atomic mass is 10.2. The Bertz CT molecular complexity index is 776. The van der Waals surface area contributed by atoms with Crippen molar-refractivity contribution in [3.63, 3.8) is 0 Å². The van der Waals surface area contributed by atoms with Crippen molar-refractivity contribution in [2.24, 2.45) is 0 Å². The molecule has 0 bridgehead atoms. The predicted octanol–water partition coefficient (Wildman–Crippen LogP) is 5.89. The van der Waals surface area contributed by atoms with Crippen molar-refractivity contribution in [2.45, 2.75) is 26.7 Å². The summed E-state index contributed by atoms with van der Waals surface area (Å²) >= 11 is 5.55. The highest BCUT2D eigenvalue weighted by atomic mass is 32.1. The number of hydrogen-bond acceptors (Lipinski definition) is 5. The first-order chi connectivity index (χ1) is 10.1. The molecular formula is C16H16O2S3. The maximum atomic E-state index is 5.86. The maximum absolute atomic E-state index is 5.86. The number of fused-ring (bicyclic) bond motifs is 2. The molecule has 0 radical (unpaired) electrons. The quantitative estimate of drug-likeness (QED) is 0.580. The Hall–Kier alpha value is -1.04. The summed E-state index contributed by atoms with van der Waals surface area (Å²) in [5.74, 6) is 2.49. The van der Waals surface area contributed by atoms with Gasteiger partial charge in [0.2, 0.25) is 0 Å². The average Bonchev–Trinajstić information content (AvgIpc) is 3.10. The van der Waals surface area contributed by atoms with Crippen LogP contribution in [0.15, 0.2) is 12.1 Å². The summed E-state index contributed by atoms with van der Waals surface area (Å²) in [7, 11) is 0. The monoisotopic (exact) mass is 336 g/mol. The molecule has 0 unspecified atom stereocenters. The van der Waals surface area contributed by atoms with Gasteiger partial charge in [0.1, 0.15) is 13.2 Å². The Labute approximate surface area is 136 Å². The number of ether oxygens (including phenoxy) is 2. The van der Waals surface area contributed by atoms with Gasteiger partial charge in [-0.1, -0.05) is 13.8 Å². The summed E-state index contributed by atoms with van der Waals surface area (Å²) in [6.07, 6.45) is 0. The standard InChI is InChI=1S/C16H16O2S3/c1-8(2)10-6-11-12(20-10)7-13(21-11)16-15-14(9(3)19-16)17-4-5-18-15/h6-8H,4-5H2,1-3H3. The Morgan fingerprint density at radius 3 is 2.38 bits per heavy atom. The van der Waals surface area contributed by atoms with Crippen LogP contribution >= 0.6 is 34.0 Å². The van der Waals surface area contributed by atoms with Gasteiger partial charge in [0, 0.05) is 19.2 Å². The zero-order valence-electron chi connectivity index (χ0n) is 12.2. The fraction of sp³-hybridized carbons (Fsp3) is 0.375. The molecular weight excluding hydrogens is 320 g/mol. The van der Waals surface area contributed by atoms with Crippen molar-refractivity contribution in [2.75, 3.05) is 13.2 Å². The van der Waals surface area contributed by atoms with E-state index in [9.17, 15) is 0 Å². The molecule has 21 heavy (non-hydrogen) atoms. The first-order valence-corrected chi connectivity index (χ1v) is 9.51.